The Morgan fingerprint density at radius 3 is 2.94 bits per heavy atom. The molecule has 0 saturated carbocycles. The Labute approximate surface area is 193 Å². The number of nitrogens with zero attached hydrogens (tertiary/aromatic N) is 5. The van der Waals surface area contributed by atoms with Gasteiger partial charge in [-0.2, -0.15) is 5.10 Å². The molecule has 10 heteroatoms. The lowest BCUT2D eigenvalue weighted by atomic mass is 9.86. The molecule has 1 aliphatic rings. The number of thiazole rings is 1. The molecule has 4 heterocycles. The van der Waals surface area contributed by atoms with E-state index in [2.05, 4.69) is 25.5 Å². The van der Waals surface area contributed by atoms with Crippen molar-refractivity contribution in [2.24, 2.45) is 11.7 Å². The van der Waals surface area contributed by atoms with E-state index in [0.29, 0.717) is 39.4 Å². The quantitative estimate of drug-likeness (QED) is 0.447. The zero-order valence-corrected chi connectivity index (χ0v) is 19.2. The van der Waals surface area contributed by atoms with Gasteiger partial charge in [0.2, 0.25) is 5.65 Å². The van der Waals surface area contributed by atoms with Crippen LogP contribution in [0.3, 0.4) is 0 Å². The molecule has 7 nitrogen and oxygen atoms in total. The topological polar surface area (TPSA) is 96.6 Å². The summed E-state index contributed by atoms with van der Waals surface area (Å²) in [5, 5.41) is 11.6. The van der Waals surface area contributed by atoms with Crippen molar-refractivity contribution in [3.8, 4) is 11.3 Å². The predicted octanol–water partition coefficient (Wildman–Crippen LogP) is 4.66. The van der Waals surface area contributed by atoms with E-state index >= 15 is 0 Å². The fourth-order valence-corrected chi connectivity index (χ4v) is 5.51. The highest BCUT2D eigenvalue weighted by atomic mass is 35.5. The summed E-state index contributed by atoms with van der Waals surface area (Å²) in [7, 11) is 0. The first kappa shape index (κ1) is 20.6. The van der Waals surface area contributed by atoms with Crippen molar-refractivity contribution in [3.05, 3.63) is 50.5 Å². The third-order valence-electron chi connectivity index (χ3n) is 5.81. The van der Waals surface area contributed by atoms with Gasteiger partial charge in [-0.1, -0.05) is 35.3 Å². The van der Waals surface area contributed by atoms with Gasteiger partial charge >= 0.3 is 0 Å². The number of halogens is 2. The number of aryl methyl sites for hydroxylation is 1. The number of piperidine rings is 1. The number of H-pyrrole nitrogens is 1. The van der Waals surface area contributed by atoms with Gasteiger partial charge in [-0.05, 0) is 31.9 Å². The number of anilines is 1. The maximum absolute atomic E-state index is 6.39. The standard InChI is InChI=1S/C21H21Cl2N7S/c1-11-10-31-21(26-11)14-9-30(6-5-12(14)7-24)16-8-25-19-18(28-29-20(19)27-16)13-3-2-4-15(22)17(13)23/h2-4,8,10,12,14H,5-7,9,24H2,1H3,(H,27,28,29). The monoisotopic (exact) mass is 473 g/mol. The first-order valence-corrected chi connectivity index (χ1v) is 11.7. The summed E-state index contributed by atoms with van der Waals surface area (Å²) < 4.78 is 0. The number of aromatic amines is 1. The molecule has 1 aromatic carbocycles. The van der Waals surface area contributed by atoms with Crippen LogP contribution in [0.5, 0.6) is 0 Å². The lowest BCUT2D eigenvalue weighted by molar-refractivity contribution is 0.358. The second-order valence-electron chi connectivity index (χ2n) is 7.76. The van der Waals surface area contributed by atoms with E-state index in [1.807, 2.05) is 19.1 Å². The fourth-order valence-electron chi connectivity index (χ4n) is 4.14. The molecule has 0 amide bonds. The lowest BCUT2D eigenvalue weighted by Crippen LogP contribution is -2.42. The van der Waals surface area contributed by atoms with Gasteiger partial charge in [0.05, 0.1) is 26.9 Å². The molecule has 3 N–H and O–H groups in total. The van der Waals surface area contributed by atoms with Crippen molar-refractivity contribution in [1.82, 2.24) is 25.1 Å². The third kappa shape index (κ3) is 3.78. The van der Waals surface area contributed by atoms with Crippen molar-refractivity contribution >= 4 is 51.5 Å². The van der Waals surface area contributed by atoms with Crippen molar-refractivity contribution in [2.45, 2.75) is 19.3 Å². The molecule has 1 saturated heterocycles. The van der Waals surface area contributed by atoms with Crippen molar-refractivity contribution < 1.29 is 0 Å². The minimum Gasteiger partial charge on any atom is -0.355 e. The van der Waals surface area contributed by atoms with Crippen LogP contribution in [0.2, 0.25) is 10.0 Å². The van der Waals surface area contributed by atoms with Crippen molar-refractivity contribution in [2.75, 3.05) is 24.5 Å². The molecule has 1 aliphatic heterocycles. The molecule has 1 fully saturated rings. The Balaban J connectivity index is 1.46. The highest BCUT2D eigenvalue weighted by Crippen LogP contribution is 2.37. The van der Waals surface area contributed by atoms with Gasteiger partial charge in [0, 0.05) is 35.6 Å². The van der Waals surface area contributed by atoms with Gasteiger partial charge in [0.15, 0.2) is 0 Å². The summed E-state index contributed by atoms with van der Waals surface area (Å²) in [6.45, 7) is 4.37. The molecular formula is C21H21Cl2N7S. The van der Waals surface area contributed by atoms with E-state index in [4.69, 9.17) is 38.9 Å². The number of nitrogens with one attached hydrogen (secondary N) is 1. The van der Waals surface area contributed by atoms with E-state index in [1.165, 1.54) is 0 Å². The molecule has 2 atom stereocenters. The second-order valence-corrected chi connectivity index (χ2v) is 9.44. The zero-order chi connectivity index (χ0) is 21.5. The zero-order valence-electron chi connectivity index (χ0n) is 16.8. The summed E-state index contributed by atoms with van der Waals surface area (Å²) in [4.78, 5) is 16.4. The number of fused-ring (bicyclic) bond motifs is 1. The average Bonchev–Trinajstić information content (AvgIpc) is 3.41. The molecule has 0 aliphatic carbocycles. The summed E-state index contributed by atoms with van der Waals surface area (Å²) in [6.07, 6.45) is 2.79. The maximum atomic E-state index is 6.39. The fraction of sp³-hybridized carbons (Fsp3) is 0.333. The van der Waals surface area contributed by atoms with Gasteiger partial charge in [-0.25, -0.2) is 15.0 Å². The van der Waals surface area contributed by atoms with E-state index in [-0.39, 0.29) is 5.92 Å². The third-order valence-corrected chi connectivity index (χ3v) is 7.72. The normalized spacial score (nSPS) is 19.3. The minimum atomic E-state index is 0.287. The summed E-state index contributed by atoms with van der Waals surface area (Å²) in [5.74, 6) is 1.51. The Morgan fingerprint density at radius 1 is 1.29 bits per heavy atom. The molecular weight excluding hydrogens is 453 g/mol. The largest absolute Gasteiger partial charge is 0.355 e. The highest BCUT2D eigenvalue weighted by molar-refractivity contribution is 7.09. The van der Waals surface area contributed by atoms with Crippen LogP contribution in [0, 0.1) is 12.8 Å². The first-order valence-electron chi connectivity index (χ1n) is 10.1. The molecule has 0 spiro atoms. The van der Waals surface area contributed by atoms with Crippen LogP contribution in [0.15, 0.2) is 29.8 Å². The first-order chi connectivity index (χ1) is 15.0. The smallest absolute Gasteiger partial charge is 0.202 e. The van der Waals surface area contributed by atoms with Crippen LogP contribution in [0.4, 0.5) is 5.82 Å². The number of aromatic nitrogens is 5. The van der Waals surface area contributed by atoms with Gasteiger partial charge in [-0.15, -0.1) is 11.3 Å². The van der Waals surface area contributed by atoms with Gasteiger partial charge in [-0.3, -0.25) is 5.10 Å². The minimum absolute atomic E-state index is 0.287. The Morgan fingerprint density at radius 2 is 2.16 bits per heavy atom. The second kappa shape index (κ2) is 8.35. The molecule has 0 radical (unpaired) electrons. The summed E-state index contributed by atoms with van der Waals surface area (Å²) >= 11 is 14.3. The van der Waals surface area contributed by atoms with Crippen LogP contribution in [0.25, 0.3) is 22.4 Å². The molecule has 5 rings (SSSR count). The Hall–Kier alpha value is -2.26. The maximum Gasteiger partial charge on any atom is 0.202 e. The van der Waals surface area contributed by atoms with Crippen LogP contribution in [0.1, 0.15) is 23.0 Å². The number of nitrogens with two attached hydrogens (primary N) is 1. The van der Waals surface area contributed by atoms with Crippen LogP contribution in [-0.4, -0.2) is 44.8 Å². The molecule has 0 bridgehead atoms. The Kier molecular flexibility index (Phi) is 5.56. The van der Waals surface area contributed by atoms with E-state index in [9.17, 15) is 0 Å². The molecule has 3 aromatic heterocycles. The predicted molar refractivity (Wildman–Crippen MR) is 126 cm³/mol. The Bertz CT molecular complexity index is 1240. The lowest BCUT2D eigenvalue weighted by Gasteiger charge is -2.37. The molecule has 160 valence electrons. The number of hydrogen-bond donors (Lipinski definition) is 2. The SMILES string of the molecule is Cc1csc(C2CN(c3cnc4c(-c5cccc(Cl)c5Cl)[nH]nc4n3)CCC2CN)n1. The van der Waals surface area contributed by atoms with Crippen LogP contribution in [-0.2, 0) is 0 Å². The van der Waals surface area contributed by atoms with Crippen molar-refractivity contribution in [1.29, 1.82) is 0 Å². The summed E-state index contributed by atoms with van der Waals surface area (Å²) in [6, 6.07) is 5.48. The van der Waals surface area contributed by atoms with E-state index < -0.39 is 0 Å². The number of benzene rings is 1. The summed E-state index contributed by atoms with van der Waals surface area (Å²) in [5.41, 5.74) is 9.80. The number of rotatable bonds is 4. The highest BCUT2D eigenvalue weighted by Gasteiger charge is 2.32. The van der Waals surface area contributed by atoms with Gasteiger partial charge in [0.25, 0.3) is 0 Å². The molecule has 31 heavy (non-hydrogen) atoms. The van der Waals surface area contributed by atoms with Crippen LogP contribution >= 0.6 is 34.5 Å². The number of hydrogen-bond acceptors (Lipinski definition) is 7. The van der Waals surface area contributed by atoms with Crippen LogP contribution < -0.4 is 10.6 Å². The molecule has 2 unspecified atom stereocenters. The average molecular weight is 474 g/mol. The molecule has 4 aromatic rings. The van der Waals surface area contributed by atoms with E-state index in [0.717, 1.165) is 41.6 Å². The van der Waals surface area contributed by atoms with Gasteiger partial charge in [0.1, 0.15) is 11.3 Å². The van der Waals surface area contributed by atoms with E-state index in [1.54, 1.807) is 23.6 Å². The van der Waals surface area contributed by atoms with Gasteiger partial charge < -0.3 is 10.6 Å². The van der Waals surface area contributed by atoms with Crippen molar-refractivity contribution in [3.63, 3.8) is 0 Å².